The van der Waals surface area contributed by atoms with Gasteiger partial charge in [0.05, 0.1) is 0 Å². The summed E-state index contributed by atoms with van der Waals surface area (Å²) < 4.78 is 6.90. The lowest BCUT2D eigenvalue weighted by molar-refractivity contribution is 0.673. The van der Waals surface area contributed by atoms with Gasteiger partial charge in [-0.3, -0.25) is 0 Å². The van der Waals surface area contributed by atoms with Crippen LogP contribution in [0.1, 0.15) is 0 Å². The van der Waals surface area contributed by atoms with E-state index in [0.29, 0.717) is 0 Å². The van der Waals surface area contributed by atoms with E-state index in [1.54, 1.807) is 0 Å². The average Bonchev–Trinajstić information content (AvgIpc) is 3.67. The zero-order chi connectivity index (χ0) is 37.7. The van der Waals surface area contributed by atoms with Crippen LogP contribution in [0.5, 0.6) is 0 Å². The van der Waals surface area contributed by atoms with Crippen LogP contribution >= 0.6 is 0 Å². The van der Waals surface area contributed by atoms with Gasteiger partial charge in [0.2, 0.25) is 0 Å². The summed E-state index contributed by atoms with van der Waals surface area (Å²) in [7, 11) is 0. The Morgan fingerprint density at radius 2 is 0.737 bits per heavy atom. The van der Waals surface area contributed by atoms with Crippen LogP contribution in [-0.2, 0) is 0 Å². The minimum absolute atomic E-state index is 0.885. The Hall–Kier alpha value is -7.62. The number of rotatable bonds is 7. The first kappa shape index (κ1) is 32.8. The van der Waals surface area contributed by atoms with E-state index in [1.807, 2.05) is 0 Å². The van der Waals surface area contributed by atoms with Crippen molar-refractivity contribution in [1.82, 2.24) is 0 Å². The minimum atomic E-state index is 0.885. The van der Waals surface area contributed by atoms with E-state index in [-0.39, 0.29) is 0 Å². The van der Waals surface area contributed by atoms with Crippen LogP contribution in [0, 0.1) is 0 Å². The summed E-state index contributed by atoms with van der Waals surface area (Å²) >= 11 is 0. The summed E-state index contributed by atoms with van der Waals surface area (Å²) in [6.45, 7) is 0. The molecule has 3 nitrogen and oxygen atoms in total. The van der Waals surface area contributed by atoms with E-state index < -0.39 is 0 Å². The quantitative estimate of drug-likeness (QED) is 0.152. The average molecular weight is 729 g/mol. The number of furan rings is 1. The molecule has 0 aliphatic heterocycles. The Morgan fingerprint density at radius 1 is 0.281 bits per heavy atom. The minimum Gasteiger partial charge on any atom is -0.455 e. The largest absolute Gasteiger partial charge is 0.455 e. The Kier molecular flexibility index (Phi) is 7.82. The Bertz CT molecular complexity index is 3150. The molecular formula is C54H36N2O. The zero-order valence-electron chi connectivity index (χ0n) is 31.1. The van der Waals surface area contributed by atoms with Crippen molar-refractivity contribution < 1.29 is 4.42 Å². The SMILES string of the molecule is c1ccc(N(c2ccccc2)c2ccc3cc(-c4ccc5c(c4)oc4c6ccc(N(c7ccccc7)c7ccccc7)cc6c6ccccc6c54)ccc3c2)cc1. The summed E-state index contributed by atoms with van der Waals surface area (Å²) in [6.07, 6.45) is 0. The van der Waals surface area contributed by atoms with Crippen molar-refractivity contribution in [2.75, 3.05) is 9.80 Å². The molecule has 0 atom stereocenters. The number of nitrogens with zero attached hydrogens (tertiary/aromatic N) is 2. The highest BCUT2D eigenvalue weighted by Gasteiger charge is 2.19. The van der Waals surface area contributed by atoms with Gasteiger partial charge in [0.25, 0.3) is 0 Å². The van der Waals surface area contributed by atoms with E-state index in [9.17, 15) is 0 Å². The van der Waals surface area contributed by atoms with Gasteiger partial charge in [0.15, 0.2) is 0 Å². The summed E-state index contributed by atoms with van der Waals surface area (Å²) in [4.78, 5) is 4.62. The maximum absolute atomic E-state index is 6.90. The molecule has 10 aromatic carbocycles. The molecule has 0 saturated carbocycles. The van der Waals surface area contributed by atoms with Gasteiger partial charge in [0.1, 0.15) is 11.2 Å². The highest BCUT2D eigenvalue weighted by atomic mass is 16.3. The van der Waals surface area contributed by atoms with Crippen molar-refractivity contribution in [3.05, 3.63) is 218 Å². The standard InChI is InChI=1S/C54H36N2O/c1-5-15-41(16-6-1)55(42-17-7-2-8-18-42)45-29-27-38-33-37(25-26-39(38)34-45)40-28-31-50-52(35-40)57-54-49-32-30-46(36-51(49)47-23-13-14-24-48(47)53(50)54)56(43-19-9-3-10-20-43)44-21-11-4-12-22-44/h1-36H. The lowest BCUT2D eigenvalue weighted by Crippen LogP contribution is -2.09. The van der Waals surface area contributed by atoms with E-state index in [0.717, 1.165) is 72.6 Å². The summed E-state index contributed by atoms with van der Waals surface area (Å²) in [6, 6.07) is 77.9. The Morgan fingerprint density at radius 3 is 1.35 bits per heavy atom. The van der Waals surface area contributed by atoms with Crippen molar-refractivity contribution in [3.63, 3.8) is 0 Å². The van der Waals surface area contributed by atoms with Crippen LogP contribution in [-0.4, -0.2) is 0 Å². The predicted molar refractivity (Wildman–Crippen MR) is 241 cm³/mol. The third-order valence-corrected chi connectivity index (χ3v) is 11.2. The maximum Gasteiger partial charge on any atom is 0.143 e. The Balaban J connectivity index is 1.01. The molecule has 268 valence electrons. The highest BCUT2D eigenvalue weighted by Crippen LogP contribution is 2.45. The molecule has 0 amide bonds. The van der Waals surface area contributed by atoms with Crippen LogP contribution in [0.4, 0.5) is 34.1 Å². The van der Waals surface area contributed by atoms with Gasteiger partial charge < -0.3 is 14.2 Å². The van der Waals surface area contributed by atoms with Crippen molar-refractivity contribution in [1.29, 1.82) is 0 Å². The van der Waals surface area contributed by atoms with Crippen molar-refractivity contribution in [3.8, 4) is 11.1 Å². The van der Waals surface area contributed by atoms with Gasteiger partial charge >= 0.3 is 0 Å². The fourth-order valence-corrected chi connectivity index (χ4v) is 8.52. The highest BCUT2D eigenvalue weighted by molar-refractivity contribution is 6.30. The topological polar surface area (TPSA) is 19.6 Å². The third kappa shape index (κ3) is 5.68. The van der Waals surface area contributed by atoms with E-state index in [4.69, 9.17) is 4.42 Å². The van der Waals surface area contributed by atoms with Crippen molar-refractivity contribution in [2.24, 2.45) is 0 Å². The van der Waals surface area contributed by atoms with Crippen LogP contribution in [0.3, 0.4) is 0 Å². The summed E-state index contributed by atoms with van der Waals surface area (Å²) in [5, 5.41) is 9.33. The van der Waals surface area contributed by atoms with Crippen molar-refractivity contribution >= 4 is 88.4 Å². The van der Waals surface area contributed by atoms with Crippen LogP contribution in [0.25, 0.3) is 65.4 Å². The predicted octanol–water partition coefficient (Wildman–Crippen LogP) is 15.7. The first-order chi connectivity index (χ1) is 28.3. The number of fused-ring (bicyclic) bond motifs is 9. The number of hydrogen-bond donors (Lipinski definition) is 0. The van der Waals surface area contributed by atoms with Gasteiger partial charge in [-0.05, 0) is 135 Å². The first-order valence-corrected chi connectivity index (χ1v) is 19.4. The second-order valence-electron chi connectivity index (χ2n) is 14.6. The number of benzene rings is 10. The molecule has 0 unspecified atom stereocenters. The van der Waals surface area contributed by atoms with Gasteiger partial charge in [-0.1, -0.05) is 121 Å². The molecule has 57 heavy (non-hydrogen) atoms. The first-order valence-electron chi connectivity index (χ1n) is 19.4. The molecule has 0 N–H and O–H groups in total. The van der Waals surface area contributed by atoms with Crippen molar-refractivity contribution in [2.45, 2.75) is 0 Å². The normalized spacial score (nSPS) is 11.5. The van der Waals surface area contributed by atoms with Gasteiger partial charge in [-0.2, -0.15) is 0 Å². The molecule has 0 saturated heterocycles. The number of hydrogen-bond acceptors (Lipinski definition) is 3. The molecule has 0 spiro atoms. The molecule has 11 aromatic rings. The molecular weight excluding hydrogens is 693 g/mol. The van der Waals surface area contributed by atoms with E-state index in [2.05, 4.69) is 228 Å². The van der Waals surface area contributed by atoms with E-state index in [1.165, 1.54) is 26.9 Å². The van der Waals surface area contributed by atoms with Crippen LogP contribution < -0.4 is 9.80 Å². The fourth-order valence-electron chi connectivity index (χ4n) is 8.52. The van der Waals surface area contributed by atoms with Crippen LogP contribution in [0.15, 0.2) is 223 Å². The lowest BCUT2D eigenvalue weighted by atomic mass is 9.95. The smallest absolute Gasteiger partial charge is 0.143 e. The second-order valence-corrected chi connectivity index (χ2v) is 14.6. The van der Waals surface area contributed by atoms with Gasteiger partial charge in [0, 0.05) is 50.3 Å². The molecule has 0 fully saturated rings. The molecule has 11 rings (SSSR count). The molecule has 0 aliphatic rings. The molecule has 0 aliphatic carbocycles. The van der Waals surface area contributed by atoms with E-state index >= 15 is 0 Å². The fraction of sp³-hybridized carbons (Fsp3) is 0. The lowest BCUT2D eigenvalue weighted by Gasteiger charge is -2.26. The number of anilines is 6. The second kappa shape index (κ2) is 13.6. The Labute approximate surface area is 330 Å². The number of para-hydroxylation sites is 4. The molecule has 3 heteroatoms. The molecule has 1 heterocycles. The van der Waals surface area contributed by atoms with Gasteiger partial charge in [-0.25, -0.2) is 0 Å². The summed E-state index contributed by atoms with van der Waals surface area (Å²) in [5.41, 5.74) is 10.8. The molecule has 0 bridgehead atoms. The van der Waals surface area contributed by atoms with Gasteiger partial charge in [-0.15, -0.1) is 0 Å². The molecule has 0 radical (unpaired) electrons. The van der Waals surface area contributed by atoms with Crippen LogP contribution in [0.2, 0.25) is 0 Å². The maximum atomic E-state index is 6.90. The molecule has 1 aromatic heterocycles. The monoisotopic (exact) mass is 728 g/mol. The third-order valence-electron chi connectivity index (χ3n) is 11.2. The zero-order valence-corrected chi connectivity index (χ0v) is 31.1. The summed E-state index contributed by atoms with van der Waals surface area (Å²) in [5.74, 6) is 0.